The van der Waals surface area contributed by atoms with Gasteiger partial charge >= 0.3 is 0 Å². The van der Waals surface area contributed by atoms with Crippen LogP contribution < -0.4 is 5.32 Å². The van der Waals surface area contributed by atoms with Crippen molar-refractivity contribution in [2.75, 3.05) is 5.32 Å². The Labute approximate surface area is 233 Å². The van der Waals surface area contributed by atoms with E-state index in [0.29, 0.717) is 29.0 Å². The summed E-state index contributed by atoms with van der Waals surface area (Å²) in [5, 5.41) is 22.3. The Hall–Kier alpha value is -4.33. The maximum atomic E-state index is 13.3. The van der Waals surface area contributed by atoms with Crippen LogP contribution in [-0.4, -0.2) is 32.3 Å². The van der Waals surface area contributed by atoms with Crippen molar-refractivity contribution in [2.45, 2.75) is 39.8 Å². The van der Waals surface area contributed by atoms with Crippen molar-refractivity contribution in [1.82, 2.24) is 14.8 Å². The van der Waals surface area contributed by atoms with E-state index < -0.39 is 6.04 Å². The minimum atomic E-state index is -0.566. The molecule has 1 atom stereocenters. The van der Waals surface area contributed by atoms with Crippen LogP contribution in [0.5, 0.6) is 0 Å². The van der Waals surface area contributed by atoms with Gasteiger partial charge < -0.3 is 10.1 Å². The van der Waals surface area contributed by atoms with Gasteiger partial charge in [-0.3, -0.25) is 14.4 Å². The number of rotatable bonds is 4. The number of hydrogen-bond acceptors (Lipinski definition) is 8. The Morgan fingerprint density at radius 1 is 1.23 bits per heavy atom. The lowest BCUT2D eigenvalue weighted by Crippen LogP contribution is -2.17. The van der Waals surface area contributed by atoms with E-state index in [4.69, 9.17) is 26.6 Å². The number of amides is 1. The van der Waals surface area contributed by atoms with Crippen LogP contribution in [0.15, 0.2) is 52.4 Å². The Morgan fingerprint density at radius 2 is 2.03 bits per heavy atom. The first-order valence-electron chi connectivity index (χ1n) is 12.2. The largest absolute Gasteiger partial charge is 0.472 e. The van der Waals surface area contributed by atoms with Crippen molar-refractivity contribution in [1.29, 1.82) is 5.26 Å². The lowest BCUT2D eigenvalue weighted by Gasteiger charge is -2.13. The molecule has 0 fully saturated rings. The minimum Gasteiger partial charge on any atom is -0.472 e. The fourth-order valence-electron chi connectivity index (χ4n) is 4.88. The Morgan fingerprint density at radius 3 is 2.79 bits per heavy atom. The number of fused-ring (bicyclic) bond motifs is 4. The summed E-state index contributed by atoms with van der Waals surface area (Å²) < 4.78 is 7.50. The van der Waals surface area contributed by atoms with E-state index in [0.717, 1.165) is 44.4 Å². The fourth-order valence-corrected chi connectivity index (χ4v) is 6.22. The summed E-state index contributed by atoms with van der Waals surface area (Å²) in [7, 11) is 0. The van der Waals surface area contributed by atoms with Crippen molar-refractivity contribution < 1.29 is 9.53 Å². The first-order chi connectivity index (χ1) is 18.8. The van der Waals surface area contributed by atoms with Gasteiger partial charge in [-0.15, -0.1) is 26.5 Å². The first-order valence-corrected chi connectivity index (χ1v) is 13.4. The summed E-state index contributed by atoms with van der Waals surface area (Å²) in [5.41, 5.74) is 6.08. The molecule has 2 aromatic heterocycles. The van der Waals surface area contributed by atoms with Crippen molar-refractivity contribution in [3.63, 3.8) is 0 Å². The average Bonchev–Trinajstić information content (AvgIpc) is 3.55. The van der Waals surface area contributed by atoms with Gasteiger partial charge in [0.25, 0.3) is 0 Å². The minimum absolute atomic E-state index is 0.0664. The van der Waals surface area contributed by atoms with Crippen LogP contribution in [-0.2, 0) is 16.1 Å². The molecule has 2 aromatic carbocycles. The molecule has 4 heterocycles. The van der Waals surface area contributed by atoms with Crippen LogP contribution >= 0.6 is 22.9 Å². The predicted octanol–water partition coefficient (Wildman–Crippen LogP) is 5.59. The first kappa shape index (κ1) is 25.0. The van der Waals surface area contributed by atoms with Crippen LogP contribution in [0.25, 0.3) is 5.00 Å². The third-order valence-electron chi connectivity index (χ3n) is 6.87. The van der Waals surface area contributed by atoms with Crippen LogP contribution in [0.2, 0.25) is 5.02 Å². The van der Waals surface area contributed by atoms with E-state index >= 15 is 0 Å². The van der Waals surface area contributed by atoms with E-state index in [9.17, 15) is 4.79 Å². The van der Waals surface area contributed by atoms with Gasteiger partial charge in [-0.05, 0) is 56.7 Å². The number of ether oxygens (including phenoxy) is 1. The Bertz CT molecular complexity index is 1740. The number of halogens is 1. The van der Waals surface area contributed by atoms with Crippen LogP contribution in [0.3, 0.4) is 0 Å². The molecule has 4 aromatic rings. The summed E-state index contributed by atoms with van der Waals surface area (Å²) in [6.45, 7) is 6.38. The molecule has 0 spiro atoms. The van der Waals surface area contributed by atoms with Crippen molar-refractivity contribution in [3.05, 3.63) is 91.8 Å². The van der Waals surface area contributed by atoms with Crippen LogP contribution in [0, 0.1) is 32.2 Å². The topological polar surface area (TPSA) is 118 Å². The van der Waals surface area contributed by atoms with Crippen LogP contribution in [0.1, 0.15) is 56.8 Å². The normalized spacial score (nSPS) is 16.4. The highest BCUT2D eigenvalue weighted by molar-refractivity contribution is 7.15. The number of aromatic nitrogens is 3. The highest BCUT2D eigenvalue weighted by Crippen LogP contribution is 2.39. The Balaban J connectivity index is 1.37. The number of aliphatic imine (C=N–C) groups is 2. The summed E-state index contributed by atoms with van der Waals surface area (Å²) in [5.74, 6) is 1.43. The molecule has 0 radical (unpaired) electrons. The van der Waals surface area contributed by atoms with Gasteiger partial charge in [-0.25, -0.2) is 0 Å². The number of hydrogen-bond donors (Lipinski definition) is 1. The number of aryl methyl sites for hydroxylation is 2. The number of thiophene rings is 1. The van der Waals surface area contributed by atoms with Crippen molar-refractivity contribution >= 4 is 46.1 Å². The maximum absolute atomic E-state index is 13.3. The zero-order chi connectivity index (χ0) is 27.3. The number of benzene rings is 2. The second-order valence-electron chi connectivity index (χ2n) is 9.33. The van der Waals surface area contributed by atoms with Crippen molar-refractivity contribution in [3.8, 4) is 11.2 Å². The summed E-state index contributed by atoms with van der Waals surface area (Å²) in [6, 6.07) is 12.4. The van der Waals surface area contributed by atoms with Gasteiger partial charge in [-0.2, -0.15) is 5.26 Å². The van der Waals surface area contributed by atoms with Gasteiger partial charge in [0.15, 0.2) is 5.82 Å². The summed E-state index contributed by atoms with van der Waals surface area (Å²) in [4.78, 5) is 23.4. The third kappa shape index (κ3) is 4.39. The number of nitrogens with zero attached hydrogens (tertiary/aromatic N) is 6. The fraction of sp³-hybridized carbons (Fsp3) is 0.214. The van der Waals surface area contributed by atoms with E-state index in [2.05, 4.69) is 34.4 Å². The number of anilines is 1. The molecular formula is C28H22ClN7O2S. The molecule has 0 unspecified atom stereocenters. The standard InChI is InChI=1S/C28H22ClN7O2S/c1-14-15(2)39-28-24(14)25(17-4-6-19(29)7-5-17)33-22(26-35-34-16(3)36(26)28)11-23(37)32-20-8-9-21-18(10-20)12-38-27(21)31-13-30/h4-10,22H,11-12H2,1-3H3,(H,32,37)/b31-27+/t22-/m0/s1. The van der Waals surface area contributed by atoms with E-state index in [-0.39, 0.29) is 12.3 Å². The lowest BCUT2D eigenvalue weighted by atomic mass is 9.99. The molecular weight excluding hydrogens is 534 g/mol. The summed E-state index contributed by atoms with van der Waals surface area (Å²) >= 11 is 7.85. The second kappa shape index (κ2) is 9.76. The van der Waals surface area contributed by atoms with Gasteiger partial charge in [0.2, 0.25) is 18.0 Å². The highest BCUT2D eigenvalue weighted by Gasteiger charge is 2.32. The van der Waals surface area contributed by atoms with Gasteiger partial charge in [0, 0.05) is 37.8 Å². The molecule has 0 aliphatic carbocycles. The molecule has 39 heavy (non-hydrogen) atoms. The quantitative estimate of drug-likeness (QED) is 0.329. The molecule has 1 amide bonds. The summed E-state index contributed by atoms with van der Waals surface area (Å²) in [6.07, 6.45) is 1.82. The molecule has 6 rings (SSSR count). The molecule has 9 nitrogen and oxygen atoms in total. The molecule has 0 saturated carbocycles. The predicted molar refractivity (Wildman–Crippen MR) is 150 cm³/mol. The van der Waals surface area contributed by atoms with Crippen molar-refractivity contribution in [2.24, 2.45) is 9.98 Å². The highest BCUT2D eigenvalue weighted by atomic mass is 35.5. The van der Waals surface area contributed by atoms with E-state index in [1.54, 1.807) is 29.7 Å². The molecule has 2 aliphatic rings. The van der Waals surface area contributed by atoms with Gasteiger partial charge in [0.1, 0.15) is 23.5 Å². The maximum Gasteiger partial charge on any atom is 0.232 e. The average molecular weight is 556 g/mol. The molecule has 194 valence electrons. The van der Waals surface area contributed by atoms with Gasteiger partial charge in [0.05, 0.1) is 12.1 Å². The van der Waals surface area contributed by atoms with E-state index in [1.807, 2.05) is 41.8 Å². The molecule has 1 N–H and O–H groups in total. The SMILES string of the molecule is Cc1sc2c(c1C)C(c1ccc(Cl)cc1)=N[C@@H](CC(=O)Nc1ccc3c(c1)CO/C3=N/C#N)c1nnc(C)n1-2. The zero-order valence-electron chi connectivity index (χ0n) is 21.3. The number of carbonyl (C=O) groups is 1. The molecule has 0 bridgehead atoms. The third-order valence-corrected chi connectivity index (χ3v) is 8.32. The van der Waals surface area contributed by atoms with E-state index in [1.165, 1.54) is 4.88 Å². The second-order valence-corrected chi connectivity index (χ2v) is 11.0. The Kier molecular flexibility index (Phi) is 6.25. The molecule has 2 aliphatic heterocycles. The molecule has 11 heteroatoms. The lowest BCUT2D eigenvalue weighted by molar-refractivity contribution is -0.116. The zero-order valence-corrected chi connectivity index (χ0v) is 22.9. The van der Waals surface area contributed by atoms with Gasteiger partial charge in [-0.1, -0.05) is 23.7 Å². The molecule has 0 saturated heterocycles. The number of nitrogens with one attached hydrogen (secondary N) is 1. The number of carbonyl (C=O) groups excluding carboxylic acids is 1. The smallest absolute Gasteiger partial charge is 0.232 e. The van der Waals surface area contributed by atoms with Crippen LogP contribution in [0.4, 0.5) is 5.69 Å². The monoisotopic (exact) mass is 555 g/mol. The number of nitriles is 1.